The molecule has 2 aromatic carbocycles. The summed E-state index contributed by atoms with van der Waals surface area (Å²) in [5.74, 6) is -3.01. The predicted molar refractivity (Wildman–Crippen MR) is 120 cm³/mol. The largest absolute Gasteiger partial charge is 0.478 e. The van der Waals surface area contributed by atoms with E-state index >= 15 is 0 Å². The number of carboxylic acids is 1. The van der Waals surface area contributed by atoms with Crippen molar-refractivity contribution in [2.24, 2.45) is 10.7 Å². The Kier molecular flexibility index (Phi) is 7.09. The molecule has 1 amide bonds. The molecule has 180 valence electrons. The summed E-state index contributed by atoms with van der Waals surface area (Å²) >= 11 is 0. The standard InChI is InChI=1S/C24H23F4N3O3/c1-2-9-30-13-14(12-29)17-5-4-16(11-18(17)21(32)33)31-22(34)23(7-8-23)19-6-3-15(10-20(19)25)24(26,27)28/h3-6,10-13H,2,7-9,29H2,1H3,(H,31,34)(H,32,33). The van der Waals surface area contributed by atoms with Crippen LogP contribution in [0.1, 0.15) is 53.2 Å². The molecule has 0 bridgehead atoms. The van der Waals surface area contributed by atoms with Gasteiger partial charge in [0.05, 0.1) is 16.5 Å². The van der Waals surface area contributed by atoms with Crippen LogP contribution in [0.25, 0.3) is 5.57 Å². The Morgan fingerprint density at radius 3 is 2.41 bits per heavy atom. The Labute approximate surface area is 193 Å². The van der Waals surface area contributed by atoms with Gasteiger partial charge in [0.15, 0.2) is 0 Å². The zero-order valence-corrected chi connectivity index (χ0v) is 18.2. The molecular formula is C24H23F4N3O3. The van der Waals surface area contributed by atoms with E-state index in [9.17, 15) is 32.3 Å². The van der Waals surface area contributed by atoms with Crippen molar-refractivity contribution in [1.29, 1.82) is 0 Å². The molecule has 0 saturated heterocycles. The second kappa shape index (κ2) is 9.66. The summed E-state index contributed by atoms with van der Waals surface area (Å²) in [5.41, 5.74) is 3.74. The van der Waals surface area contributed by atoms with Gasteiger partial charge in [0.1, 0.15) is 5.82 Å². The maximum absolute atomic E-state index is 14.5. The molecule has 1 fully saturated rings. The maximum atomic E-state index is 14.5. The lowest BCUT2D eigenvalue weighted by molar-refractivity contribution is -0.137. The number of carbonyl (C=O) groups is 2. The Morgan fingerprint density at radius 2 is 1.88 bits per heavy atom. The van der Waals surface area contributed by atoms with Crippen molar-refractivity contribution in [3.05, 3.63) is 70.7 Å². The van der Waals surface area contributed by atoms with Gasteiger partial charge in [-0.25, -0.2) is 9.18 Å². The molecule has 34 heavy (non-hydrogen) atoms. The number of nitrogens with zero attached hydrogens (tertiary/aromatic N) is 1. The molecule has 10 heteroatoms. The Hall–Kier alpha value is -3.69. The van der Waals surface area contributed by atoms with Gasteiger partial charge in [-0.15, -0.1) is 0 Å². The lowest BCUT2D eigenvalue weighted by Gasteiger charge is -2.18. The molecule has 0 atom stereocenters. The van der Waals surface area contributed by atoms with Crippen molar-refractivity contribution >= 4 is 29.4 Å². The monoisotopic (exact) mass is 477 g/mol. The van der Waals surface area contributed by atoms with Gasteiger partial charge in [0, 0.05) is 35.8 Å². The smallest absolute Gasteiger partial charge is 0.416 e. The highest BCUT2D eigenvalue weighted by molar-refractivity contribution is 6.13. The molecule has 4 N–H and O–H groups in total. The van der Waals surface area contributed by atoms with Gasteiger partial charge in [-0.3, -0.25) is 9.79 Å². The van der Waals surface area contributed by atoms with Crippen LogP contribution in [0, 0.1) is 5.82 Å². The summed E-state index contributed by atoms with van der Waals surface area (Å²) in [6, 6.07) is 6.27. The lowest BCUT2D eigenvalue weighted by Crippen LogP contribution is -2.29. The number of amides is 1. The Bertz CT molecular complexity index is 1170. The van der Waals surface area contributed by atoms with E-state index in [0.717, 1.165) is 18.6 Å². The number of benzene rings is 2. The number of nitrogens with one attached hydrogen (secondary N) is 1. The number of hydrogen-bond acceptors (Lipinski definition) is 4. The van der Waals surface area contributed by atoms with E-state index < -0.39 is 34.8 Å². The number of carboxylic acid groups (broad SMARTS) is 1. The third-order valence-electron chi connectivity index (χ3n) is 5.58. The van der Waals surface area contributed by atoms with Crippen LogP contribution in [-0.4, -0.2) is 29.7 Å². The number of allylic oxidation sites excluding steroid dienone is 1. The van der Waals surface area contributed by atoms with Crippen LogP contribution in [0.15, 0.2) is 47.6 Å². The highest BCUT2D eigenvalue weighted by Crippen LogP contribution is 2.50. The fraction of sp³-hybridized carbons (Fsp3) is 0.292. The summed E-state index contributed by atoms with van der Waals surface area (Å²) in [6.07, 6.45) is -0.711. The molecule has 0 spiro atoms. The number of rotatable bonds is 8. The van der Waals surface area contributed by atoms with Crippen molar-refractivity contribution in [1.82, 2.24) is 0 Å². The van der Waals surface area contributed by atoms with Gasteiger partial charge in [0.2, 0.25) is 5.91 Å². The average molecular weight is 477 g/mol. The topological polar surface area (TPSA) is 105 Å². The normalized spacial score (nSPS) is 15.4. The summed E-state index contributed by atoms with van der Waals surface area (Å²) in [7, 11) is 0. The van der Waals surface area contributed by atoms with Gasteiger partial charge >= 0.3 is 12.1 Å². The first-order valence-electron chi connectivity index (χ1n) is 10.5. The Morgan fingerprint density at radius 1 is 1.18 bits per heavy atom. The van der Waals surface area contributed by atoms with Crippen LogP contribution < -0.4 is 11.1 Å². The second-order valence-electron chi connectivity index (χ2n) is 7.95. The molecule has 0 aromatic heterocycles. The third kappa shape index (κ3) is 5.11. The van der Waals surface area contributed by atoms with Gasteiger partial charge in [0.25, 0.3) is 0 Å². The maximum Gasteiger partial charge on any atom is 0.416 e. The molecule has 0 heterocycles. The summed E-state index contributed by atoms with van der Waals surface area (Å²) in [4.78, 5) is 29.0. The van der Waals surface area contributed by atoms with E-state index in [0.29, 0.717) is 23.7 Å². The number of anilines is 1. The molecule has 3 rings (SSSR count). The molecule has 1 aliphatic rings. The molecule has 6 nitrogen and oxygen atoms in total. The van der Waals surface area contributed by atoms with Gasteiger partial charge in [-0.2, -0.15) is 13.2 Å². The number of alkyl halides is 3. The minimum absolute atomic E-state index is 0.131. The van der Waals surface area contributed by atoms with Crippen LogP contribution in [0.5, 0.6) is 0 Å². The molecule has 1 saturated carbocycles. The highest BCUT2D eigenvalue weighted by Gasteiger charge is 2.53. The number of halogens is 4. The van der Waals surface area contributed by atoms with Crippen molar-refractivity contribution < 1.29 is 32.3 Å². The van der Waals surface area contributed by atoms with Crippen molar-refractivity contribution in [3.63, 3.8) is 0 Å². The Balaban J connectivity index is 1.88. The number of hydrogen-bond donors (Lipinski definition) is 3. The van der Waals surface area contributed by atoms with E-state index in [2.05, 4.69) is 10.3 Å². The zero-order valence-electron chi connectivity index (χ0n) is 18.2. The van der Waals surface area contributed by atoms with E-state index in [-0.39, 0.29) is 29.7 Å². The number of carbonyl (C=O) groups excluding carboxylic acids is 1. The van der Waals surface area contributed by atoms with Crippen LogP contribution in [0.2, 0.25) is 0 Å². The fourth-order valence-corrected chi connectivity index (χ4v) is 3.62. The van der Waals surface area contributed by atoms with Crippen LogP contribution in [0.3, 0.4) is 0 Å². The first kappa shape index (κ1) is 24.9. The SMILES string of the molecule is CCCN=CC(=CN)c1ccc(NC(=O)C2(c3ccc(C(F)(F)F)cc3F)CC2)cc1C(=O)O. The van der Waals surface area contributed by atoms with Crippen LogP contribution in [-0.2, 0) is 16.4 Å². The number of aliphatic imine (C=N–C) groups is 1. The molecule has 0 aliphatic heterocycles. The quantitative estimate of drug-likeness (QED) is 0.368. The van der Waals surface area contributed by atoms with Crippen molar-refractivity contribution in [2.45, 2.75) is 37.8 Å². The van der Waals surface area contributed by atoms with Gasteiger partial charge < -0.3 is 16.2 Å². The predicted octanol–water partition coefficient (Wildman–Crippen LogP) is 4.99. The molecule has 2 aromatic rings. The van der Waals surface area contributed by atoms with Crippen molar-refractivity contribution in [3.8, 4) is 0 Å². The van der Waals surface area contributed by atoms with Crippen LogP contribution >= 0.6 is 0 Å². The fourth-order valence-electron chi connectivity index (χ4n) is 3.62. The van der Waals surface area contributed by atoms with Crippen molar-refractivity contribution in [2.75, 3.05) is 11.9 Å². The molecule has 1 aliphatic carbocycles. The minimum atomic E-state index is -4.70. The molecule has 0 unspecified atom stereocenters. The molecule has 0 radical (unpaired) electrons. The minimum Gasteiger partial charge on any atom is -0.478 e. The number of nitrogens with two attached hydrogens (primary N) is 1. The third-order valence-corrected chi connectivity index (χ3v) is 5.58. The molecular weight excluding hydrogens is 454 g/mol. The highest BCUT2D eigenvalue weighted by atomic mass is 19.4. The second-order valence-corrected chi connectivity index (χ2v) is 7.95. The zero-order chi connectivity index (χ0) is 25.1. The first-order valence-corrected chi connectivity index (χ1v) is 10.5. The van der Waals surface area contributed by atoms with Crippen LogP contribution in [0.4, 0.5) is 23.2 Å². The van der Waals surface area contributed by atoms with E-state index in [1.807, 2.05) is 6.92 Å². The number of aromatic carboxylic acids is 1. The van der Waals surface area contributed by atoms with Gasteiger partial charge in [-0.05, 0) is 49.1 Å². The summed E-state index contributed by atoms with van der Waals surface area (Å²) in [6.45, 7) is 2.48. The lowest BCUT2D eigenvalue weighted by atomic mass is 9.93. The van der Waals surface area contributed by atoms with Gasteiger partial charge in [-0.1, -0.05) is 19.1 Å². The van der Waals surface area contributed by atoms with E-state index in [4.69, 9.17) is 5.73 Å². The first-order chi connectivity index (χ1) is 16.0. The summed E-state index contributed by atoms with van der Waals surface area (Å²) in [5, 5.41) is 12.2. The summed E-state index contributed by atoms with van der Waals surface area (Å²) < 4.78 is 53.1. The van der Waals surface area contributed by atoms with E-state index in [1.54, 1.807) is 0 Å². The van der Waals surface area contributed by atoms with E-state index in [1.165, 1.54) is 30.6 Å². The average Bonchev–Trinajstić information content (AvgIpc) is 3.58.